The number of rotatable bonds is 1. The minimum Gasteiger partial charge on any atom is -0.443 e. The number of carbonyl (C=O) groups excluding carboxylic acids is 1. The van der Waals surface area contributed by atoms with E-state index >= 15 is 0 Å². The van der Waals surface area contributed by atoms with Crippen LogP contribution in [-0.2, 0) is 9.47 Å². The summed E-state index contributed by atoms with van der Waals surface area (Å²) in [6.07, 6.45) is -7.20. The molecule has 1 atom stereocenters. The van der Waals surface area contributed by atoms with Gasteiger partial charge in [-0.2, -0.15) is 18.3 Å². The van der Waals surface area contributed by atoms with Gasteiger partial charge in [-0.25, -0.2) is 10.2 Å². The molecule has 0 aliphatic carbocycles. The number of hydrogen-bond acceptors (Lipinski definition) is 4. The van der Waals surface area contributed by atoms with E-state index in [1.165, 1.54) is 0 Å². The van der Waals surface area contributed by atoms with Crippen molar-refractivity contribution in [1.82, 2.24) is 5.43 Å². The van der Waals surface area contributed by atoms with Gasteiger partial charge in [0.05, 0.1) is 6.61 Å². The third-order valence-corrected chi connectivity index (χ3v) is 2.20. The molecule has 0 aromatic rings. The topological polar surface area (TPSA) is 59.9 Å². The van der Waals surface area contributed by atoms with E-state index in [2.05, 4.69) is 15.3 Å². The number of nitrogens with zero attached hydrogens (tertiary/aromatic N) is 1. The van der Waals surface area contributed by atoms with Crippen LogP contribution in [0.2, 0.25) is 0 Å². The second-order valence-corrected chi connectivity index (χ2v) is 5.15. The van der Waals surface area contributed by atoms with Crippen LogP contribution in [0.15, 0.2) is 5.10 Å². The molecule has 1 heterocycles. The smallest absolute Gasteiger partial charge is 0.428 e. The molecule has 0 bridgehead atoms. The van der Waals surface area contributed by atoms with Gasteiger partial charge in [-0.3, -0.25) is 0 Å². The fraction of sp³-hybridized carbons (Fsp3) is 0.818. The Bertz CT molecular complexity index is 361. The molecule has 0 aromatic carbocycles. The highest BCUT2D eigenvalue weighted by Gasteiger charge is 2.42. The van der Waals surface area contributed by atoms with Gasteiger partial charge in [0, 0.05) is 18.6 Å². The first-order chi connectivity index (χ1) is 8.58. The highest BCUT2D eigenvalue weighted by atomic mass is 19.4. The molecular weight excluding hydrogens is 265 g/mol. The number of amides is 1. The average Bonchev–Trinajstić information content (AvgIpc) is 2.23. The summed E-state index contributed by atoms with van der Waals surface area (Å²) in [5.41, 5.74) is 1.63. The Morgan fingerprint density at radius 1 is 1.42 bits per heavy atom. The summed E-state index contributed by atoms with van der Waals surface area (Å²) in [5.74, 6) is 0. The molecule has 5 nitrogen and oxygen atoms in total. The normalized spacial score (nSPS) is 23.3. The second-order valence-electron chi connectivity index (χ2n) is 5.15. The first kappa shape index (κ1) is 15.7. The van der Waals surface area contributed by atoms with Gasteiger partial charge in [0.2, 0.25) is 0 Å². The van der Waals surface area contributed by atoms with Crippen molar-refractivity contribution in [3.63, 3.8) is 0 Å². The van der Waals surface area contributed by atoms with Crippen molar-refractivity contribution >= 4 is 11.8 Å². The molecule has 1 amide bonds. The second kappa shape index (κ2) is 5.77. The SMILES string of the molecule is CC(C)(C)OC(=O)N/N=C1\CCOC(C(F)(F)F)C1. The van der Waals surface area contributed by atoms with Gasteiger partial charge in [0.15, 0.2) is 6.10 Å². The van der Waals surface area contributed by atoms with Gasteiger partial charge >= 0.3 is 12.3 Å². The van der Waals surface area contributed by atoms with Crippen LogP contribution in [0.25, 0.3) is 0 Å². The Morgan fingerprint density at radius 3 is 2.58 bits per heavy atom. The third kappa shape index (κ3) is 5.91. The summed E-state index contributed by atoms with van der Waals surface area (Å²) in [6.45, 7) is 4.95. The molecule has 0 radical (unpaired) electrons. The molecule has 1 aliphatic heterocycles. The van der Waals surface area contributed by atoms with Gasteiger partial charge < -0.3 is 9.47 Å². The van der Waals surface area contributed by atoms with Gasteiger partial charge in [-0.05, 0) is 20.8 Å². The largest absolute Gasteiger partial charge is 0.443 e. The summed E-state index contributed by atoms with van der Waals surface area (Å²) in [4.78, 5) is 11.3. The Labute approximate surface area is 109 Å². The quantitative estimate of drug-likeness (QED) is 0.752. The van der Waals surface area contributed by atoms with Crippen molar-refractivity contribution in [3.05, 3.63) is 0 Å². The van der Waals surface area contributed by atoms with E-state index in [0.29, 0.717) is 0 Å². The maximum atomic E-state index is 12.4. The Hall–Kier alpha value is -1.31. The summed E-state index contributed by atoms with van der Waals surface area (Å²) in [5, 5.41) is 3.64. The molecule has 110 valence electrons. The molecule has 1 N–H and O–H groups in total. The van der Waals surface area contributed by atoms with E-state index in [9.17, 15) is 18.0 Å². The van der Waals surface area contributed by atoms with Crippen molar-refractivity contribution in [2.45, 2.75) is 51.5 Å². The van der Waals surface area contributed by atoms with Crippen LogP contribution < -0.4 is 5.43 Å². The zero-order chi connectivity index (χ0) is 14.7. The Kier molecular flexibility index (Phi) is 4.78. The lowest BCUT2D eigenvalue weighted by atomic mass is 10.1. The number of hydrazone groups is 1. The van der Waals surface area contributed by atoms with Crippen molar-refractivity contribution < 1.29 is 27.4 Å². The van der Waals surface area contributed by atoms with E-state index < -0.39 is 24.0 Å². The predicted molar refractivity (Wildman–Crippen MR) is 61.8 cm³/mol. The molecule has 1 rings (SSSR count). The van der Waals surface area contributed by atoms with Gasteiger partial charge in [0.1, 0.15) is 5.60 Å². The first-order valence-corrected chi connectivity index (χ1v) is 5.80. The molecule has 0 spiro atoms. The fourth-order valence-electron chi connectivity index (χ4n) is 1.43. The van der Waals surface area contributed by atoms with E-state index in [1.54, 1.807) is 20.8 Å². The maximum Gasteiger partial charge on any atom is 0.428 e. The van der Waals surface area contributed by atoms with E-state index in [-0.39, 0.29) is 25.2 Å². The standard InChI is InChI=1S/C11H17F3N2O3/c1-10(2,3)19-9(17)16-15-7-4-5-18-8(6-7)11(12,13)14/h8H,4-6H2,1-3H3,(H,16,17)/b15-7+. The molecule has 0 saturated carbocycles. The highest BCUT2D eigenvalue weighted by Crippen LogP contribution is 2.28. The van der Waals surface area contributed by atoms with Crippen LogP contribution in [0.4, 0.5) is 18.0 Å². The van der Waals surface area contributed by atoms with Crippen molar-refractivity contribution in [2.24, 2.45) is 5.10 Å². The summed E-state index contributed by atoms with van der Waals surface area (Å²) in [6, 6.07) is 0. The number of carbonyl (C=O) groups is 1. The van der Waals surface area contributed by atoms with E-state index in [1.807, 2.05) is 0 Å². The summed E-state index contributed by atoms with van der Waals surface area (Å²) >= 11 is 0. The van der Waals surface area contributed by atoms with Crippen LogP contribution in [-0.4, -0.2) is 36.3 Å². The van der Waals surface area contributed by atoms with E-state index in [0.717, 1.165) is 0 Å². The molecular formula is C11H17F3N2O3. The van der Waals surface area contributed by atoms with Crippen LogP contribution in [0.3, 0.4) is 0 Å². The van der Waals surface area contributed by atoms with Gasteiger partial charge in [-0.1, -0.05) is 0 Å². The summed E-state index contributed by atoms with van der Waals surface area (Å²) in [7, 11) is 0. The van der Waals surface area contributed by atoms with Gasteiger partial charge in [0.25, 0.3) is 0 Å². The number of ether oxygens (including phenoxy) is 2. The Morgan fingerprint density at radius 2 is 2.05 bits per heavy atom. The van der Waals surface area contributed by atoms with E-state index in [4.69, 9.17) is 4.74 Å². The Balaban J connectivity index is 2.51. The van der Waals surface area contributed by atoms with Crippen LogP contribution in [0.5, 0.6) is 0 Å². The molecule has 1 aliphatic rings. The zero-order valence-electron chi connectivity index (χ0n) is 11.0. The van der Waals surface area contributed by atoms with Crippen molar-refractivity contribution in [3.8, 4) is 0 Å². The molecule has 8 heteroatoms. The summed E-state index contributed by atoms with van der Waals surface area (Å²) < 4.78 is 46.9. The lowest BCUT2D eigenvalue weighted by molar-refractivity contribution is -0.220. The zero-order valence-corrected chi connectivity index (χ0v) is 11.0. The highest BCUT2D eigenvalue weighted by molar-refractivity contribution is 5.86. The number of halogens is 3. The monoisotopic (exact) mass is 282 g/mol. The fourth-order valence-corrected chi connectivity index (χ4v) is 1.43. The van der Waals surface area contributed by atoms with Crippen molar-refractivity contribution in [1.29, 1.82) is 0 Å². The lowest BCUT2D eigenvalue weighted by Gasteiger charge is -2.26. The predicted octanol–water partition coefficient (Wildman–Crippen LogP) is 2.61. The molecule has 1 saturated heterocycles. The molecule has 1 fully saturated rings. The van der Waals surface area contributed by atoms with Gasteiger partial charge in [-0.15, -0.1) is 0 Å². The lowest BCUT2D eigenvalue weighted by Crippen LogP contribution is -2.39. The molecule has 1 unspecified atom stereocenters. The first-order valence-electron chi connectivity index (χ1n) is 5.80. The number of alkyl halides is 3. The number of hydrogen-bond donors (Lipinski definition) is 1. The molecule has 0 aromatic heterocycles. The maximum absolute atomic E-state index is 12.4. The molecule has 19 heavy (non-hydrogen) atoms. The van der Waals surface area contributed by atoms with Crippen LogP contribution in [0, 0.1) is 0 Å². The van der Waals surface area contributed by atoms with Crippen molar-refractivity contribution in [2.75, 3.05) is 6.61 Å². The number of nitrogens with one attached hydrogen (secondary N) is 1. The van der Waals surface area contributed by atoms with Crippen LogP contribution in [0.1, 0.15) is 33.6 Å². The minimum absolute atomic E-state index is 0.0704. The third-order valence-electron chi connectivity index (χ3n) is 2.20. The minimum atomic E-state index is -4.42. The average molecular weight is 282 g/mol. The van der Waals surface area contributed by atoms with Crippen LogP contribution >= 0.6 is 0 Å².